The third-order valence-corrected chi connectivity index (χ3v) is 5.30. The van der Waals surface area contributed by atoms with Crippen LogP contribution in [0.25, 0.3) is 0 Å². The highest BCUT2D eigenvalue weighted by molar-refractivity contribution is 9.10. The van der Waals surface area contributed by atoms with Crippen molar-refractivity contribution in [3.05, 3.63) is 123 Å². The van der Waals surface area contributed by atoms with E-state index in [0.29, 0.717) is 12.4 Å². The molecular weight excluding hydrogens is 484 g/mol. The molecule has 0 aliphatic carbocycles. The highest BCUT2D eigenvalue weighted by Crippen LogP contribution is 2.27. The maximum atomic E-state index is 10.7. The summed E-state index contributed by atoms with van der Waals surface area (Å²) in [6, 6.07) is 29.1. The summed E-state index contributed by atoms with van der Waals surface area (Å²) in [6.45, 7) is 0.307. The van der Waals surface area contributed by atoms with E-state index in [1.165, 1.54) is 12.1 Å². The molecule has 0 heterocycles. The van der Waals surface area contributed by atoms with Crippen molar-refractivity contribution in [2.45, 2.75) is 6.61 Å². The van der Waals surface area contributed by atoms with Gasteiger partial charge in [-0.3, -0.25) is 15.1 Å². The molecule has 0 aromatic heterocycles. The molecule has 4 aromatic carbocycles. The number of nitro benzene ring substituents is 1. The van der Waals surface area contributed by atoms with E-state index in [1.54, 1.807) is 18.3 Å². The lowest BCUT2D eigenvalue weighted by molar-refractivity contribution is -0.384. The number of para-hydroxylation sites is 1. The van der Waals surface area contributed by atoms with Crippen molar-refractivity contribution in [3.8, 4) is 17.2 Å². The summed E-state index contributed by atoms with van der Waals surface area (Å²) in [7, 11) is 0. The maximum absolute atomic E-state index is 10.7. The van der Waals surface area contributed by atoms with Crippen LogP contribution in [0.4, 0.5) is 11.4 Å². The van der Waals surface area contributed by atoms with E-state index in [2.05, 4.69) is 20.9 Å². The van der Waals surface area contributed by atoms with E-state index >= 15 is 0 Å². The summed E-state index contributed by atoms with van der Waals surface area (Å²) in [4.78, 5) is 14.8. The van der Waals surface area contributed by atoms with Gasteiger partial charge < -0.3 is 9.47 Å². The largest absolute Gasteiger partial charge is 0.488 e. The van der Waals surface area contributed by atoms with Gasteiger partial charge in [0.05, 0.1) is 15.1 Å². The number of rotatable bonds is 8. The van der Waals surface area contributed by atoms with Crippen LogP contribution in [0.1, 0.15) is 11.1 Å². The SMILES string of the molecule is O=[N+]([O-])c1ccc(COc2ccc(C=Nc3ccc(Oc4ccccc4)cc3)cc2Br)cc1. The predicted molar refractivity (Wildman–Crippen MR) is 132 cm³/mol. The van der Waals surface area contributed by atoms with E-state index in [9.17, 15) is 10.1 Å². The number of hydrogen-bond acceptors (Lipinski definition) is 5. The molecule has 0 atom stereocenters. The maximum Gasteiger partial charge on any atom is 0.269 e. The first kappa shape index (κ1) is 22.2. The van der Waals surface area contributed by atoms with Crippen LogP contribution >= 0.6 is 15.9 Å². The van der Waals surface area contributed by atoms with Crippen LogP contribution in [0.15, 0.2) is 107 Å². The van der Waals surface area contributed by atoms with Crippen LogP contribution in [-0.4, -0.2) is 11.1 Å². The van der Waals surface area contributed by atoms with Gasteiger partial charge in [0.1, 0.15) is 23.9 Å². The van der Waals surface area contributed by atoms with E-state index in [4.69, 9.17) is 9.47 Å². The highest BCUT2D eigenvalue weighted by Gasteiger charge is 2.06. The molecule has 0 aliphatic heterocycles. The third kappa shape index (κ3) is 6.27. The van der Waals surface area contributed by atoms with Crippen molar-refractivity contribution in [2.24, 2.45) is 4.99 Å². The Morgan fingerprint density at radius 1 is 0.879 bits per heavy atom. The molecule has 0 amide bonds. The minimum Gasteiger partial charge on any atom is -0.488 e. The van der Waals surface area contributed by atoms with Crippen LogP contribution < -0.4 is 9.47 Å². The molecule has 0 saturated heterocycles. The topological polar surface area (TPSA) is 74.0 Å². The zero-order valence-corrected chi connectivity index (χ0v) is 19.0. The molecule has 4 rings (SSSR count). The number of non-ortho nitro benzene ring substituents is 1. The van der Waals surface area contributed by atoms with Crippen molar-refractivity contribution in [2.75, 3.05) is 0 Å². The summed E-state index contributed by atoms with van der Waals surface area (Å²) >= 11 is 3.53. The first-order valence-electron chi connectivity index (χ1n) is 10.1. The molecule has 0 radical (unpaired) electrons. The van der Waals surface area contributed by atoms with Crippen molar-refractivity contribution in [1.82, 2.24) is 0 Å². The van der Waals surface area contributed by atoms with Crippen molar-refractivity contribution in [1.29, 1.82) is 0 Å². The van der Waals surface area contributed by atoms with Crippen LogP contribution in [0.5, 0.6) is 17.2 Å². The molecule has 0 fully saturated rings. The van der Waals surface area contributed by atoms with Gasteiger partial charge in [0.2, 0.25) is 0 Å². The van der Waals surface area contributed by atoms with Crippen LogP contribution in [0.2, 0.25) is 0 Å². The molecule has 0 bridgehead atoms. The molecule has 6 nitrogen and oxygen atoms in total. The smallest absolute Gasteiger partial charge is 0.269 e. The second-order valence-electron chi connectivity index (χ2n) is 7.07. The van der Waals surface area contributed by atoms with Gasteiger partial charge in [0, 0.05) is 18.3 Å². The Morgan fingerprint density at radius 3 is 2.24 bits per heavy atom. The second kappa shape index (κ2) is 10.6. The Labute approximate surface area is 199 Å². The molecule has 7 heteroatoms. The van der Waals surface area contributed by atoms with Gasteiger partial charge in [0.25, 0.3) is 5.69 Å². The van der Waals surface area contributed by atoms with Crippen LogP contribution in [-0.2, 0) is 6.61 Å². The summed E-state index contributed by atoms with van der Waals surface area (Å²) in [5.74, 6) is 2.21. The van der Waals surface area contributed by atoms with Gasteiger partial charge >= 0.3 is 0 Å². The lowest BCUT2D eigenvalue weighted by atomic mass is 10.2. The first-order chi connectivity index (χ1) is 16.1. The fourth-order valence-corrected chi connectivity index (χ4v) is 3.47. The number of ether oxygens (including phenoxy) is 2. The fraction of sp³-hybridized carbons (Fsp3) is 0.0385. The van der Waals surface area contributed by atoms with E-state index < -0.39 is 4.92 Å². The molecule has 4 aromatic rings. The molecule has 0 saturated carbocycles. The molecule has 0 unspecified atom stereocenters. The van der Waals surface area contributed by atoms with Gasteiger partial charge in [-0.05, 0) is 93.8 Å². The Balaban J connectivity index is 1.35. The van der Waals surface area contributed by atoms with E-state index in [-0.39, 0.29) is 5.69 Å². The Morgan fingerprint density at radius 2 is 1.58 bits per heavy atom. The average molecular weight is 503 g/mol. The Bertz CT molecular complexity index is 1260. The number of aliphatic imine (C=N–C) groups is 1. The molecular formula is C26H19BrN2O4. The number of nitrogens with zero attached hydrogens (tertiary/aromatic N) is 2. The highest BCUT2D eigenvalue weighted by atomic mass is 79.9. The van der Waals surface area contributed by atoms with Gasteiger partial charge in [-0.1, -0.05) is 18.2 Å². The van der Waals surface area contributed by atoms with Gasteiger partial charge in [-0.15, -0.1) is 0 Å². The zero-order valence-electron chi connectivity index (χ0n) is 17.4. The monoisotopic (exact) mass is 502 g/mol. The van der Waals surface area contributed by atoms with Gasteiger partial charge in [-0.25, -0.2) is 0 Å². The lowest BCUT2D eigenvalue weighted by Crippen LogP contribution is -1.97. The van der Waals surface area contributed by atoms with Crippen molar-refractivity contribution >= 4 is 33.5 Å². The second-order valence-corrected chi connectivity index (χ2v) is 7.92. The standard InChI is InChI=1S/C26H19BrN2O4/c27-25-16-20(8-15-26(25)32-18-19-6-11-22(12-7-19)29(30)31)17-28-21-9-13-24(14-10-21)33-23-4-2-1-3-5-23/h1-17H,18H2. The summed E-state index contributed by atoms with van der Waals surface area (Å²) in [6.07, 6.45) is 1.78. The Kier molecular flexibility index (Phi) is 7.12. The average Bonchev–Trinajstić information content (AvgIpc) is 2.84. The molecule has 33 heavy (non-hydrogen) atoms. The number of halogens is 1. The van der Waals surface area contributed by atoms with Crippen molar-refractivity contribution < 1.29 is 14.4 Å². The molecule has 0 spiro atoms. The lowest BCUT2D eigenvalue weighted by Gasteiger charge is -2.09. The minimum atomic E-state index is -0.422. The summed E-state index contributed by atoms with van der Waals surface area (Å²) < 4.78 is 12.4. The predicted octanol–water partition coefficient (Wildman–Crippen LogP) is 7.48. The van der Waals surface area contributed by atoms with Gasteiger partial charge in [0.15, 0.2) is 0 Å². The van der Waals surface area contributed by atoms with E-state index in [1.807, 2.05) is 72.8 Å². The fourth-order valence-electron chi connectivity index (χ4n) is 2.96. The van der Waals surface area contributed by atoms with Crippen LogP contribution in [0.3, 0.4) is 0 Å². The molecule has 0 aliphatic rings. The van der Waals surface area contributed by atoms with E-state index in [0.717, 1.165) is 32.8 Å². The minimum absolute atomic E-state index is 0.0573. The summed E-state index contributed by atoms with van der Waals surface area (Å²) in [5.41, 5.74) is 2.62. The normalized spacial score (nSPS) is 10.8. The van der Waals surface area contributed by atoms with Crippen molar-refractivity contribution in [3.63, 3.8) is 0 Å². The summed E-state index contributed by atoms with van der Waals surface area (Å²) in [5, 5.41) is 10.7. The number of benzene rings is 4. The number of nitro groups is 1. The van der Waals surface area contributed by atoms with Gasteiger partial charge in [-0.2, -0.15) is 0 Å². The zero-order chi connectivity index (χ0) is 23.0. The first-order valence-corrected chi connectivity index (χ1v) is 10.9. The Hall–Kier alpha value is -3.97. The van der Waals surface area contributed by atoms with Crippen LogP contribution in [0, 0.1) is 10.1 Å². The third-order valence-electron chi connectivity index (χ3n) is 4.68. The molecule has 164 valence electrons. The quantitative estimate of drug-likeness (QED) is 0.142. The number of hydrogen-bond donors (Lipinski definition) is 0. The molecule has 0 N–H and O–H groups in total.